The summed E-state index contributed by atoms with van der Waals surface area (Å²) in [4.78, 5) is 14.5. The Morgan fingerprint density at radius 1 is 1.50 bits per heavy atom. The third-order valence-corrected chi connectivity index (χ3v) is 3.94. The highest BCUT2D eigenvalue weighted by Gasteiger charge is 2.30. The van der Waals surface area contributed by atoms with Crippen LogP contribution in [0.2, 0.25) is 0 Å². The first-order valence-corrected chi connectivity index (χ1v) is 7.30. The Hall–Kier alpha value is -1.39. The maximum atomic E-state index is 12.6. The fourth-order valence-corrected chi connectivity index (χ4v) is 2.77. The van der Waals surface area contributed by atoms with E-state index in [-0.39, 0.29) is 11.9 Å². The van der Waals surface area contributed by atoms with Gasteiger partial charge in [-0.15, -0.1) is 0 Å². The molecular weight excluding hydrogens is 252 g/mol. The van der Waals surface area contributed by atoms with Crippen molar-refractivity contribution in [2.24, 2.45) is 5.73 Å². The second-order valence-corrected chi connectivity index (χ2v) is 5.47. The summed E-state index contributed by atoms with van der Waals surface area (Å²) in [6, 6.07) is 7.89. The van der Waals surface area contributed by atoms with Crippen LogP contribution in [0.4, 0.5) is 5.69 Å². The van der Waals surface area contributed by atoms with E-state index in [1.807, 2.05) is 23.1 Å². The van der Waals surface area contributed by atoms with E-state index in [9.17, 15) is 4.79 Å². The minimum Gasteiger partial charge on any atom is -0.385 e. The molecule has 4 nitrogen and oxygen atoms in total. The van der Waals surface area contributed by atoms with Gasteiger partial charge in [-0.1, -0.05) is 18.2 Å². The first-order valence-electron chi connectivity index (χ1n) is 7.30. The van der Waals surface area contributed by atoms with E-state index in [1.54, 1.807) is 7.11 Å². The molecule has 2 rings (SSSR count). The largest absolute Gasteiger partial charge is 0.385 e. The molecule has 1 aliphatic heterocycles. The van der Waals surface area contributed by atoms with Crippen molar-refractivity contribution in [1.29, 1.82) is 0 Å². The van der Waals surface area contributed by atoms with E-state index in [0.29, 0.717) is 13.0 Å². The van der Waals surface area contributed by atoms with Crippen LogP contribution in [0.5, 0.6) is 0 Å². The Balaban J connectivity index is 2.12. The minimum absolute atomic E-state index is 0.0285. The number of para-hydroxylation sites is 1. The Kier molecular flexibility index (Phi) is 5.15. The van der Waals surface area contributed by atoms with E-state index >= 15 is 0 Å². The summed E-state index contributed by atoms with van der Waals surface area (Å²) in [7, 11) is 1.66. The molecule has 0 bridgehead atoms. The molecule has 0 saturated heterocycles. The lowest BCUT2D eigenvalue weighted by atomic mass is 9.95. The van der Waals surface area contributed by atoms with Crippen molar-refractivity contribution in [3.8, 4) is 0 Å². The van der Waals surface area contributed by atoms with Crippen LogP contribution in [-0.4, -0.2) is 31.7 Å². The molecule has 1 aromatic rings. The number of fused-ring (bicyclic) bond motifs is 1. The second kappa shape index (κ2) is 6.86. The number of ether oxygens (including phenoxy) is 1. The molecule has 0 aliphatic carbocycles. The number of anilines is 1. The molecule has 2 unspecified atom stereocenters. The lowest BCUT2D eigenvalue weighted by molar-refractivity contribution is -0.120. The van der Waals surface area contributed by atoms with Gasteiger partial charge < -0.3 is 15.4 Å². The van der Waals surface area contributed by atoms with Crippen LogP contribution in [0.25, 0.3) is 0 Å². The summed E-state index contributed by atoms with van der Waals surface area (Å²) >= 11 is 0. The monoisotopic (exact) mass is 276 g/mol. The number of rotatable bonds is 5. The van der Waals surface area contributed by atoms with Crippen molar-refractivity contribution in [3.05, 3.63) is 29.8 Å². The maximum Gasteiger partial charge on any atom is 0.244 e. The number of amides is 1. The molecule has 2 atom stereocenters. The van der Waals surface area contributed by atoms with Gasteiger partial charge in [-0.25, -0.2) is 0 Å². The Bertz CT molecular complexity index is 462. The molecule has 0 fully saturated rings. The average molecular weight is 276 g/mol. The number of methoxy groups -OCH3 is 1. The first-order chi connectivity index (χ1) is 9.65. The quantitative estimate of drug-likeness (QED) is 0.838. The van der Waals surface area contributed by atoms with Gasteiger partial charge in [0.2, 0.25) is 5.91 Å². The van der Waals surface area contributed by atoms with Crippen molar-refractivity contribution < 1.29 is 9.53 Å². The van der Waals surface area contributed by atoms with Crippen LogP contribution in [0, 0.1) is 0 Å². The zero-order valence-corrected chi connectivity index (χ0v) is 12.3. The Labute approximate surface area is 120 Å². The number of hydrogen-bond acceptors (Lipinski definition) is 3. The minimum atomic E-state index is -0.446. The normalized spacial score (nSPS) is 19.6. The smallest absolute Gasteiger partial charge is 0.244 e. The predicted molar refractivity (Wildman–Crippen MR) is 80.8 cm³/mol. The van der Waals surface area contributed by atoms with E-state index in [4.69, 9.17) is 10.5 Å². The van der Waals surface area contributed by atoms with Crippen LogP contribution >= 0.6 is 0 Å². The van der Waals surface area contributed by atoms with Gasteiger partial charge in [0.25, 0.3) is 0 Å². The topological polar surface area (TPSA) is 55.6 Å². The highest BCUT2D eigenvalue weighted by atomic mass is 16.5. The summed E-state index contributed by atoms with van der Waals surface area (Å²) < 4.78 is 5.01. The van der Waals surface area contributed by atoms with Gasteiger partial charge in [0.1, 0.15) is 0 Å². The van der Waals surface area contributed by atoms with Gasteiger partial charge in [-0.05, 0) is 44.2 Å². The summed E-state index contributed by atoms with van der Waals surface area (Å²) in [6.07, 6.45) is 3.50. The molecule has 0 aromatic heterocycles. The highest BCUT2D eigenvalue weighted by Crippen LogP contribution is 2.31. The molecule has 2 N–H and O–H groups in total. The van der Waals surface area contributed by atoms with E-state index in [0.717, 1.165) is 24.9 Å². The fraction of sp³-hybridized carbons (Fsp3) is 0.562. The summed E-state index contributed by atoms with van der Waals surface area (Å²) in [5.74, 6) is 0.0285. The van der Waals surface area contributed by atoms with Gasteiger partial charge in [-0.3, -0.25) is 4.79 Å². The SMILES string of the molecule is COCCCC(N)C(=O)N1c2ccccc2CCC1C. The van der Waals surface area contributed by atoms with Crippen molar-refractivity contribution in [3.63, 3.8) is 0 Å². The molecule has 0 radical (unpaired) electrons. The van der Waals surface area contributed by atoms with Gasteiger partial charge in [0.15, 0.2) is 0 Å². The highest BCUT2D eigenvalue weighted by molar-refractivity contribution is 5.98. The summed E-state index contributed by atoms with van der Waals surface area (Å²) in [5.41, 5.74) is 8.33. The first kappa shape index (κ1) is 15.0. The Morgan fingerprint density at radius 3 is 3.00 bits per heavy atom. The van der Waals surface area contributed by atoms with Crippen LogP contribution in [0.15, 0.2) is 24.3 Å². The average Bonchev–Trinajstić information content (AvgIpc) is 2.46. The van der Waals surface area contributed by atoms with E-state index in [2.05, 4.69) is 13.0 Å². The van der Waals surface area contributed by atoms with Gasteiger partial charge in [-0.2, -0.15) is 0 Å². The predicted octanol–water partition coefficient (Wildman–Crippen LogP) is 2.11. The fourth-order valence-electron chi connectivity index (χ4n) is 2.77. The maximum absolute atomic E-state index is 12.6. The molecule has 20 heavy (non-hydrogen) atoms. The number of nitrogens with zero attached hydrogens (tertiary/aromatic N) is 1. The molecule has 4 heteroatoms. The molecule has 1 aromatic carbocycles. The summed E-state index contributed by atoms with van der Waals surface area (Å²) in [6.45, 7) is 2.74. The molecular formula is C16H24N2O2. The molecule has 1 aliphatic rings. The van der Waals surface area contributed by atoms with Crippen molar-refractivity contribution >= 4 is 11.6 Å². The summed E-state index contributed by atoms with van der Waals surface area (Å²) in [5, 5.41) is 0. The van der Waals surface area contributed by atoms with Crippen molar-refractivity contribution in [1.82, 2.24) is 0 Å². The number of carbonyl (C=O) groups excluding carboxylic acids is 1. The number of hydrogen-bond donors (Lipinski definition) is 1. The van der Waals surface area contributed by atoms with Crippen LogP contribution in [0.1, 0.15) is 31.7 Å². The standard InChI is InChI=1S/C16H24N2O2/c1-12-9-10-13-6-3-4-8-15(13)18(12)16(19)14(17)7-5-11-20-2/h3-4,6,8,12,14H,5,7,9-11,17H2,1-2H3. The van der Waals surface area contributed by atoms with Gasteiger partial charge in [0.05, 0.1) is 6.04 Å². The number of benzene rings is 1. The Morgan fingerprint density at radius 2 is 2.25 bits per heavy atom. The third-order valence-electron chi connectivity index (χ3n) is 3.94. The van der Waals surface area contributed by atoms with E-state index in [1.165, 1.54) is 5.56 Å². The van der Waals surface area contributed by atoms with Crippen LogP contribution in [-0.2, 0) is 16.0 Å². The number of carbonyl (C=O) groups is 1. The van der Waals surface area contributed by atoms with Gasteiger partial charge >= 0.3 is 0 Å². The number of aryl methyl sites for hydroxylation is 1. The molecule has 1 amide bonds. The van der Waals surface area contributed by atoms with Gasteiger partial charge in [0, 0.05) is 25.4 Å². The molecule has 110 valence electrons. The molecule has 0 spiro atoms. The lowest BCUT2D eigenvalue weighted by Gasteiger charge is -2.36. The van der Waals surface area contributed by atoms with Crippen LogP contribution < -0.4 is 10.6 Å². The number of nitrogens with two attached hydrogens (primary N) is 1. The lowest BCUT2D eigenvalue weighted by Crippen LogP contribution is -2.50. The van der Waals surface area contributed by atoms with Crippen molar-refractivity contribution in [2.45, 2.75) is 44.7 Å². The molecule has 0 saturated carbocycles. The van der Waals surface area contributed by atoms with Crippen molar-refractivity contribution in [2.75, 3.05) is 18.6 Å². The van der Waals surface area contributed by atoms with Crippen LogP contribution in [0.3, 0.4) is 0 Å². The zero-order valence-electron chi connectivity index (χ0n) is 12.3. The third kappa shape index (κ3) is 3.19. The van der Waals surface area contributed by atoms with E-state index < -0.39 is 6.04 Å². The second-order valence-electron chi connectivity index (χ2n) is 5.47. The molecule has 1 heterocycles. The zero-order chi connectivity index (χ0) is 14.5.